The Morgan fingerprint density at radius 3 is 2.68 bits per heavy atom. The standard InChI is InChI=1S/C9H14F2N4O4/c10-9(11)8(17)3-12-2-7(16)5-14-4-6(1-13-14)15(18)19/h1,4,7-9,12,16-17H,2-3,5H2. The first-order chi connectivity index (χ1) is 8.90. The fourth-order valence-corrected chi connectivity index (χ4v) is 1.31. The molecule has 19 heavy (non-hydrogen) atoms. The molecular weight excluding hydrogens is 266 g/mol. The molecule has 0 fully saturated rings. The minimum Gasteiger partial charge on any atom is -0.390 e. The maximum atomic E-state index is 11.9. The van der Waals surface area contributed by atoms with Gasteiger partial charge in [-0.05, 0) is 0 Å². The summed E-state index contributed by atoms with van der Waals surface area (Å²) in [6.45, 7) is -0.420. The number of aliphatic hydroxyl groups is 2. The Morgan fingerprint density at radius 1 is 1.47 bits per heavy atom. The molecule has 1 aromatic rings. The van der Waals surface area contributed by atoms with Gasteiger partial charge in [-0.1, -0.05) is 0 Å². The van der Waals surface area contributed by atoms with E-state index in [1.807, 2.05) is 0 Å². The minimum atomic E-state index is -2.85. The van der Waals surface area contributed by atoms with Gasteiger partial charge in [0, 0.05) is 13.1 Å². The van der Waals surface area contributed by atoms with E-state index in [-0.39, 0.29) is 25.3 Å². The van der Waals surface area contributed by atoms with Crippen LogP contribution in [0.15, 0.2) is 12.4 Å². The number of nitrogens with zero attached hydrogens (tertiary/aromatic N) is 3. The lowest BCUT2D eigenvalue weighted by molar-refractivity contribution is -0.385. The third-order valence-electron chi connectivity index (χ3n) is 2.25. The highest BCUT2D eigenvalue weighted by molar-refractivity contribution is 5.20. The fourth-order valence-electron chi connectivity index (χ4n) is 1.31. The average molecular weight is 280 g/mol. The van der Waals surface area contributed by atoms with E-state index in [4.69, 9.17) is 5.11 Å². The number of nitrogens with one attached hydrogen (secondary N) is 1. The Balaban J connectivity index is 2.30. The average Bonchev–Trinajstić information content (AvgIpc) is 2.77. The van der Waals surface area contributed by atoms with Crippen molar-refractivity contribution in [1.29, 1.82) is 0 Å². The number of halogens is 2. The fraction of sp³-hybridized carbons (Fsp3) is 0.667. The van der Waals surface area contributed by atoms with E-state index in [1.54, 1.807) is 0 Å². The first-order valence-corrected chi connectivity index (χ1v) is 5.42. The summed E-state index contributed by atoms with van der Waals surface area (Å²) < 4.78 is 25.1. The molecule has 1 rings (SSSR count). The lowest BCUT2D eigenvalue weighted by Gasteiger charge is -2.14. The largest absolute Gasteiger partial charge is 0.390 e. The zero-order valence-electron chi connectivity index (χ0n) is 9.82. The van der Waals surface area contributed by atoms with Crippen molar-refractivity contribution in [3.63, 3.8) is 0 Å². The zero-order chi connectivity index (χ0) is 14.4. The van der Waals surface area contributed by atoms with E-state index in [0.29, 0.717) is 0 Å². The van der Waals surface area contributed by atoms with Gasteiger partial charge in [-0.3, -0.25) is 14.8 Å². The summed E-state index contributed by atoms with van der Waals surface area (Å²) in [5.41, 5.74) is -0.201. The van der Waals surface area contributed by atoms with Crippen LogP contribution in [0.5, 0.6) is 0 Å². The third-order valence-corrected chi connectivity index (χ3v) is 2.25. The number of hydrogen-bond donors (Lipinski definition) is 3. The number of nitro groups is 1. The zero-order valence-corrected chi connectivity index (χ0v) is 9.82. The van der Waals surface area contributed by atoms with Crippen LogP contribution in [0.4, 0.5) is 14.5 Å². The van der Waals surface area contributed by atoms with Crippen molar-refractivity contribution in [2.45, 2.75) is 25.2 Å². The summed E-state index contributed by atoms with van der Waals surface area (Å²) in [4.78, 5) is 9.77. The Labute approximate surface area is 106 Å². The van der Waals surface area contributed by atoms with Gasteiger partial charge >= 0.3 is 5.69 Å². The van der Waals surface area contributed by atoms with Crippen molar-refractivity contribution in [2.24, 2.45) is 0 Å². The lowest BCUT2D eigenvalue weighted by atomic mass is 10.3. The third kappa shape index (κ3) is 5.24. The molecule has 2 atom stereocenters. The molecule has 3 N–H and O–H groups in total. The van der Waals surface area contributed by atoms with Crippen molar-refractivity contribution >= 4 is 5.69 Å². The molecule has 0 aliphatic rings. The first kappa shape index (κ1) is 15.4. The van der Waals surface area contributed by atoms with Crippen molar-refractivity contribution < 1.29 is 23.9 Å². The van der Waals surface area contributed by atoms with Gasteiger partial charge < -0.3 is 15.5 Å². The molecule has 0 amide bonds. The van der Waals surface area contributed by atoms with Gasteiger partial charge in [0.1, 0.15) is 18.5 Å². The summed E-state index contributed by atoms with van der Waals surface area (Å²) in [6.07, 6.45) is -3.42. The molecule has 0 radical (unpaired) electrons. The Hall–Kier alpha value is -1.65. The van der Waals surface area contributed by atoms with Crippen LogP contribution in [-0.2, 0) is 6.54 Å². The predicted molar refractivity (Wildman–Crippen MR) is 59.8 cm³/mol. The molecule has 0 bridgehead atoms. The van der Waals surface area contributed by atoms with Crippen LogP contribution in [0.2, 0.25) is 0 Å². The van der Waals surface area contributed by atoms with Gasteiger partial charge in [0.2, 0.25) is 0 Å². The number of aliphatic hydroxyl groups excluding tert-OH is 2. The normalized spacial score (nSPS) is 14.6. The molecule has 0 saturated carbocycles. The molecule has 1 heterocycles. The van der Waals surface area contributed by atoms with E-state index in [9.17, 15) is 24.0 Å². The molecule has 108 valence electrons. The highest BCUT2D eigenvalue weighted by Gasteiger charge is 2.17. The smallest absolute Gasteiger partial charge is 0.306 e. The second-order valence-corrected chi connectivity index (χ2v) is 3.89. The number of rotatable bonds is 8. The molecule has 8 nitrogen and oxygen atoms in total. The van der Waals surface area contributed by atoms with E-state index in [2.05, 4.69) is 10.4 Å². The lowest BCUT2D eigenvalue weighted by Crippen LogP contribution is -2.37. The highest BCUT2D eigenvalue weighted by Crippen LogP contribution is 2.08. The Morgan fingerprint density at radius 2 is 2.16 bits per heavy atom. The van der Waals surface area contributed by atoms with Crippen LogP contribution >= 0.6 is 0 Å². The van der Waals surface area contributed by atoms with Crippen LogP contribution in [0.25, 0.3) is 0 Å². The van der Waals surface area contributed by atoms with Crippen LogP contribution in [0.1, 0.15) is 0 Å². The van der Waals surface area contributed by atoms with E-state index < -0.39 is 23.6 Å². The SMILES string of the molecule is O=[N+]([O-])c1cnn(CC(O)CNCC(O)C(F)F)c1. The highest BCUT2D eigenvalue weighted by atomic mass is 19.3. The maximum Gasteiger partial charge on any atom is 0.306 e. The summed E-state index contributed by atoms with van der Waals surface area (Å²) in [5.74, 6) is 0. The van der Waals surface area contributed by atoms with Crippen molar-refractivity contribution in [1.82, 2.24) is 15.1 Å². The minimum absolute atomic E-state index is 0.0222. The monoisotopic (exact) mass is 280 g/mol. The van der Waals surface area contributed by atoms with Crippen molar-refractivity contribution in [3.05, 3.63) is 22.5 Å². The van der Waals surface area contributed by atoms with Gasteiger partial charge in [-0.25, -0.2) is 8.78 Å². The van der Waals surface area contributed by atoms with Gasteiger partial charge in [0.15, 0.2) is 0 Å². The quantitative estimate of drug-likeness (QED) is 0.431. The molecule has 0 saturated heterocycles. The van der Waals surface area contributed by atoms with Gasteiger partial charge in [-0.2, -0.15) is 5.10 Å². The van der Waals surface area contributed by atoms with E-state index in [1.165, 1.54) is 4.68 Å². The topological polar surface area (TPSA) is 113 Å². The maximum absolute atomic E-state index is 11.9. The number of hydrogen-bond acceptors (Lipinski definition) is 6. The molecule has 0 aliphatic carbocycles. The van der Waals surface area contributed by atoms with Gasteiger partial charge in [-0.15, -0.1) is 0 Å². The molecule has 0 aromatic carbocycles. The van der Waals surface area contributed by atoms with E-state index in [0.717, 1.165) is 12.4 Å². The van der Waals surface area contributed by atoms with Crippen LogP contribution in [0.3, 0.4) is 0 Å². The number of aromatic nitrogens is 2. The van der Waals surface area contributed by atoms with Crippen LogP contribution in [-0.4, -0.2) is 56.6 Å². The summed E-state index contributed by atoms with van der Waals surface area (Å²) in [7, 11) is 0. The second-order valence-electron chi connectivity index (χ2n) is 3.89. The second kappa shape index (κ2) is 7.07. The summed E-state index contributed by atoms with van der Waals surface area (Å²) in [6, 6.07) is 0. The molecule has 0 aliphatic heterocycles. The summed E-state index contributed by atoms with van der Waals surface area (Å²) >= 11 is 0. The molecule has 0 spiro atoms. The van der Waals surface area contributed by atoms with Gasteiger partial charge in [0.25, 0.3) is 6.43 Å². The van der Waals surface area contributed by atoms with Crippen molar-refractivity contribution in [3.8, 4) is 0 Å². The molecule has 2 unspecified atom stereocenters. The Kier molecular flexibility index (Phi) is 5.73. The van der Waals surface area contributed by atoms with Crippen LogP contribution in [0, 0.1) is 10.1 Å². The van der Waals surface area contributed by atoms with Crippen molar-refractivity contribution in [2.75, 3.05) is 13.1 Å². The van der Waals surface area contributed by atoms with Gasteiger partial charge in [0.05, 0.1) is 17.6 Å². The molecular formula is C9H14F2N4O4. The molecule has 1 aromatic heterocycles. The van der Waals surface area contributed by atoms with Crippen LogP contribution < -0.4 is 5.32 Å². The predicted octanol–water partition coefficient (Wildman–Crippen LogP) is -0.632. The van der Waals surface area contributed by atoms with E-state index >= 15 is 0 Å². The Bertz CT molecular complexity index is 415. The molecule has 10 heteroatoms. The first-order valence-electron chi connectivity index (χ1n) is 5.42. The number of alkyl halides is 2. The summed E-state index contributed by atoms with van der Waals surface area (Å²) in [5, 5.41) is 34.9.